The fourth-order valence-corrected chi connectivity index (χ4v) is 7.57. The number of carbonyl (C=O) groups excluding carboxylic acids is 2. The maximum Gasteiger partial charge on any atom is 0.407 e. The van der Waals surface area contributed by atoms with Crippen molar-refractivity contribution in [2.24, 2.45) is 0 Å². The van der Waals surface area contributed by atoms with Crippen LogP contribution >= 0.6 is 0 Å². The van der Waals surface area contributed by atoms with Crippen LogP contribution in [0.5, 0.6) is 0 Å². The second-order valence-electron chi connectivity index (χ2n) is 18.8. The van der Waals surface area contributed by atoms with Crippen molar-refractivity contribution in [2.45, 2.75) is 290 Å². The summed E-state index contributed by atoms with van der Waals surface area (Å²) in [6.45, 7) is 13.8. The van der Waals surface area contributed by atoms with E-state index in [1.54, 1.807) is 7.11 Å². The van der Waals surface area contributed by atoms with Gasteiger partial charge >= 0.3 is 12.1 Å². The number of hydrogen-bond acceptors (Lipinski definition) is 6. The normalized spacial score (nSPS) is 12.5. The molecule has 0 aromatic carbocycles. The summed E-state index contributed by atoms with van der Waals surface area (Å²) in [7, 11) is 1.71. The van der Waals surface area contributed by atoms with E-state index in [0.29, 0.717) is 19.4 Å². The number of ether oxygens (including phenoxy) is 4. The Morgan fingerprint density at radius 1 is 0.483 bits per heavy atom. The molecule has 0 saturated heterocycles. The Kier molecular flexibility index (Phi) is 40.1. The van der Waals surface area contributed by atoms with E-state index in [2.05, 4.69) is 19.2 Å². The van der Waals surface area contributed by atoms with Gasteiger partial charge in [0.1, 0.15) is 6.10 Å². The first-order chi connectivity index (χ1) is 28.0. The van der Waals surface area contributed by atoms with E-state index in [-0.39, 0.29) is 30.8 Å². The molecule has 0 saturated carbocycles. The molecule has 0 heterocycles. The molecular weight excluding hydrogens is 723 g/mol. The molecule has 1 N–H and O–H groups in total. The van der Waals surface area contributed by atoms with E-state index >= 15 is 0 Å². The molecule has 7 heteroatoms. The summed E-state index contributed by atoms with van der Waals surface area (Å²) in [4.78, 5) is 25.5. The highest BCUT2D eigenvalue weighted by atomic mass is 16.6. The van der Waals surface area contributed by atoms with E-state index < -0.39 is 11.7 Å². The Balaban J connectivity index is 4.37. The minimum absolute atomic E-state index is 0.141. The summed E-state index contributed by atoms with van der Waals surface area (Å²) in [6.07, 6.45) is 44.0. The van der Waals surface area contributed by atoms with Crippen LogP contribution in [0.25, 0.3) is 0 Å². The van der Waals surface area contributed by atoms with Crippen molar-refractivity contribution in [1.82, 2.24) is 5.32 Å². The molecular formula is C51H101NO6. The van der Waals surface area contributed by atoms with Gasteiger partial charge in [0.25, 0.3) is 0 Å². The highest BCUT2D eigenvalue weighted by molar-refractivity contribution is 5.70. The predicted octanol–water partition coefficient (Wildman–Crippen LogP) is 15.9. The number of esters is 1. The Hall–Kier alpha value is -1.34. The Morgan fingerprint density at radius 3 is 1.24 bits per heavy atom. The van der Waals surface area contributed by atoms with Crippen molar-refractivity contribution >= 4 is 12.1 Å². The summed E-state index contributed by atoms with van der Waals surface area (Å²) in [5.74, 6) is -0.141. The first-order valence-electron chi connectivity index (χ1n) is 25.3. The van der Waals surface area contributed by atoms with Gasteiger partial charge in [-0.25, -0.2) is 4.79 Å². The maximum absolute atomic E-state index is 12.9. The lowest BCUT2D eigenvalue weighted by atomic mass is 10.0. The second-order valence-corrected chi connectivity index (χ2v) is 18.8. The number of carbonyl (C=O) groups is 2. The molecule has 0 radical (unpaired) electrons. The van der Waals surface area contributed by atoms with Crippen molar-refractivity contribution < 1.29 is 28.5 Å². The quantitative estimate of drug-likeness (QED) is 0.0486. The molecule has 0 spiro atoms. The molecule has 1 amide bonds. The van der Waals surface area contributed by atoms with Gasteiger partial charge in [-0.2, -0.15) is 0 Å². The fraction of sp³-hybridized carbons (Fsp3) is 0.961. The van der Waals surface area contributed by atoms with Crippen LogP contribution in [-0.4, -0.2) is 56.2 Å². The lowest BCUT2D eigenvalue weighted by Gasteiger charge is -2.28. The highest BCUT2D eigenvalue weighted by Crippen LogP contribution is 2.20. The average Bonchev–Trinajstić information content (AvgIpc) is 3.19. The molecule has 7 nitrogen and oxygen atoms in total. The molecule has 0 aliphatic heterocycles. The van der Waals surface area contributed by atoms with Gasteiger partial charge in [-0.1, -0.05) is 206 Å². The zero-order chi connectivity index (χ0) is 42.8. The van der Waals surface area contributed by atoms with Gasteiger partial charge in [-0.05, 0) is 53.4 Å². The van der Waals surface area contributed by atoms with Gasteiger partial charge < -0.3 is 24.3 Å². The number of methoxy groups -OCH3 is 1. The van der Waals surface area contributed by atoms with Crippen LogP contribution in [0.2, 0.25) is 0 Å². The van der Waals surface area contributed by atoms with Crippen LogP contribution in [-0.2, 0) is 23.7 Å². The van der Waals surface area contributed by atoms with Gasteiger partial charge in [-0.3, -0.25) is 4.79 Å². The molecule has 0 fully saturated rings. The number of unbranched alkanes of at least 4 members (excludes halogenated alkanes) is 30. The van der Waals surface area contributed by atoms with E-state index in [4.69, 9.17) is 18.9 Å². The molecule has 0 aliphatic rings. The Bertz CT molecular complexity index is 892. The van der Waals surface area contributed by atoms with Crippen LogP contribution in [0.1, 0.15) is 273 Å². The lowest BCUT2D eigenvalue weighted by Crippen LogP contribution is -2.36. The van der Waals surface area contributed by atoms with Crippen LogP contribution < -0.4 is 5.32 Å². The molecule has 346 valence electrons. The fourth-order valence-electron chi connectivity index (χ4n) is 7.57. The zero-order valence-electron chi connectivity index (χ0n) is 40.1. The number of alkyl carbamates (subject to hydrolysis) is 1. The van der Waals surface area contributed by atoms with Crippen LogP contribution in [0, 0.1) is 0 Å². The minimum Gasteiger partial charge on any atom is -0.460 e. The van der Waals surface area contributed by atoms with Crippen molar-refractivity contribution in [3.8, 4) is 0 Å². The lowest BCUT2D eigenvalue weighted by molar-refractivity contribution is -0.149. The molecule has 0 aromatic rings. The molecule has 58 heavy (non-hydrogen) atoms. The third kappa shape index (κ3) is 41.4. The smallest absolute Gasteiger partial charge is 0.407 e. The highest BCUT2D eigenvalue weighted by Gasteiger charge is 2.23. The van der Waals surface area contributed by atoms with Gasteiger partial charge in [0.2, 0.25) is 0 Å². The SMILES string of the molecule is CCCCCCCCCCCCCCCCCCCC(CNC(=O)OCCC(C)(C)OCCC(C)(C)OC)OC(=O)CCCCCCCCCCCCCCCCC. The first kappa shape index (κ1) is 56.7. The molecule has 1 unspecified atom stereocenters. The summed E-state index contributed by atoms with van der Waals surface area (Å²) in [6, 6.07) is 0. The van der Waals surface area contributed by atoms with Crippen LogP contribution in [0.15, 0.2) is 0 Å². The Morgan fingerprint density at radius 2 is 0.845 bits per heavy atom. The largest absolute Gasteiger partial charge is 0.460 e. The van der Waals surface area contributed by atoms with Crippen LogP contribution in [0.3, 0.4) is 0 Å². The molecule has 0 aromatic heterocycles. The maximum atomic E-state index is 12.9. The monoisotopic (exact) mass is 824 g/mol. The van der Waals surface area contributed by atoms with Crippen molar-refractivity contribution in [1.29, 1.82) is 0 Å². The zero-order valence-corrected chi connectivity index (χ0v) is 40.1. The number of nitrogens with one attached hydrogen (secondary N) is 1. The van der Waals surface area contributed by atoms with E-state index in [1.165, 1.54) is 180 Å². The predicted molar refractivity (Wildman–Crippen MR) is 248 cm³/mol. The molecule has 0 rings (SSSR count). The number of rotatable bonds is 45. The van der Waals surface area contributed by atoms with Gasteiger partial charge in [0.05, 0.1) is 31.0 Å². The minimum atomic E-state index is -0.470. The summed E-state index contributed by atoms with van der Waals surface area (Å²) >= 11 is 0. The topological polar surface area (TPSA) is 83.1 Å². The standard InChI is InChI=1S/C51H101NO6/c1-8-10-12-14-16-18-20-22-24-25-27-28-30-32-34-36-38-40-47(46-52-49(54)56-44-42-51(5,6)57-45-43-50(3,4)55-7)58-48(53)41-39-37-35-33-31-29-26-23-21-19-17-15-13-11-9-2/h47H,8-46H2,1-7H3,(H,52,54). The Labute approximate surface area is 361 Å². The molecule has 0 bridgehead atoms. The summed E-state index contributed by atoms with van der Waals surface area (Å²) < 4.78 is 23.0. The number of hydrogen-bond donors (Lipinski definition) is 1. The third-order valence-electron chi connectivity index (χ3n) is 12.1. The average molecular weight is 824 g/mol. The van der Waals surface area contributed by atoms with Crippen molar-refractivity contribution in [3.63, 3.8) is 0 Å². The van der Waals surface area contributed by atoms with E-state index in [1.807, 2.05) is 27.7 Å². The van der Waals surface area contributed by atoms with Crippen molar-refractivity contribution in [3.05, 3.63) is 0 Å². The number of amides is 1. The van der Waals surface area contributed by atoms with Gasteiger partial charge in [0.15, 0.2) is 0 Å². The molecule has 0 aliphatic carbocycles. The first-order valence-corrected chi connectivity index (χ1v) is 25.3. The second kappa shape index (κ2) is 41.0. The van der Waals surface area contributed by atoms with E-state index in [9.17, 15) is 9.59 Å². The summed E-state index contributed by atoms with van der Waals surface area (Å²) in [5, 5.41) is 2.88. The van der Waals surface area contributed by atoms with Gasteiger partial charge in [0, 0.05) is 20.0 Å². The van der Waals surface area contributed by atoms with E-state index in [0.717, 1.165) is 38.5 Å². The molecule has 1 atom stereocenters. The van der Waals surface area contributed by atoms with Crippen molar-refractivity contribution in [2.75, 3.05) is 26.9 Å². The third-order valence-corrected chi connectivity index (χ3v) is 12.1. The summed E-state index contributed by atoms with van der Waals surface area (Å²) in [5.41, 5.74) is -0.646. The van der Waals surface area contributed by atoms with Crippen LogP contribution in [0.4, 0.5) is 4.79 Å². The van der Waals surface area contributed by atoms with Gasteiger partial charge in [-0.15, -0.1) is 0 Å².